The fourth-order valence-corrected chi connectivity index (χ4v) is 2.53. The second kappa shape index (κ2) is 6.61. The third-order valence-corrected chi connectivity index (χ3v) is 4.37. The van der Waals surface area contributed by atoms with Gasteiger partial charge in [-0.05, 0) is 36.4 Å². The van der Waals surface area contributed by atoms with Gasteiger partial charge in [-0.25, -0.2) is 4.98 Å². The van der Waals surface area contributed by atoms with Gasteiger partial charge in [0.25, 0.3) is 0 Å². The van der Waals surface area contributed by atoms with Crippen LogP contribution in [0, 0.1) is 11.3 Å². The molecule has 1 aromatic heterocycles. The van der Waals surface area contributed by atoms with Crippen molar-refractivity contribution in [2.24, 2.45) is 11.3 Å². The average molecular weight is 288 g/mol. The van der Waals surface area contributed by atoms with Gasteiger partial charge in [-0.2, -0.15) is 0 Å². The first kappa shape index (κ1) is 16.0. The zero-order chi connectivity index (χ0) is 15.5. The predicted molar refractivity (Wildman–Crippen MR) is 88.4 cm³/mol. The summed E-state index contributed by atoms with van der Waals surface area (Å²) in [6, 6.07) is 8.38. The molecule has 0 aliphatic rings. The zero-order valence-electron chi connectivity index (χ0n) is 13.9. The second-order valence-corrected chi connectivity index (χ2v) is 7.04. The lowest BCUT2D eigenvalue weighted by Gasteiger charge is -2.30. The molecule has 0 saturated carbocycles. The maximum atomic E-state index is 5.86. The second-order valence-electron chi connectivity index (χ2n) is 7.04. The number of oxazole rings is 1. The SMILES string of the molecule is CCNC(Cc1nc2ccccc2o1)CC(C)C(C)(C)C. The Balaban J connectivity index is 2.08. The number of aromatic nitrogens is 1. The summed E-state index contributed by atoms with van der Waals surface area (Å²) in [5, 5.41) is 3.58. The average Bonchev–Trinajstić information content (AvgIpc) is 2.79. The smallest absolute Gasteiger partial charge is 0.197 e. The van der Waals surface area contributed by atoms with Gasteiger partial charge in [0, 0.05) is 12.5 Å². The molecule has 3 nitrogen and oxygen atoms in total. The molecule has 0 saturated heterocycles. The van der Waals surface area contributed by atoms with E-state index in [-0.39, 0.29) is 0 Å². The van der Waals surface area contributed by atoms with Crippen molar-refractivity contribution in [1.82, 2.24) is 10.3 Å². The first-order chi connectivity index (χ1) is 9.90. The monoisotopic (exact) mass is 288 g/mol. The summed E-state index contributed by atoms with van der Waals surface area (Å²) in [4.78, 5) is 4.60. The highest BCUT2D eigenvalue weighted by atomic mass is 16.3. The summed E-state index contributed by atoms with van der Waals surface area (Å²) in [6.45, 7) is 12.4. The van der Waals surface area contributed by atoms with Crippen LogP contribution in [0.3, 0.4) is 0 Å². The van der Waals surface area contributed by atoms with Crippen molar-refractivity contribution in [2.75, 3.05) is 6.54 Å². The fraction of sp³-hybridized carbons (Fsp3) is 0.611. The minimum absolute atomic E-state index is 0.328. The lowest BCUT2D eigenvalue weighted by Crippen LogP contribution is -2.35. The van der Waals surface area contributed by atoms with Gasteiger partial charge in [-0.15, -0.1) is 0 Å². The summed E-state index contributed by atoms with van der Waals surface area (Å²) in [6.07, 6.45) is 1.99. The number of para-hydroxylation sites is 2. The molecule has 0 bridgehead atoms. The van der Waals surface area contributed by atoms with E-state index in [2.05, 4.69) is 44.9 Å². The van der Waals surface area contributed by atoms with Crippen LogP contribution >= 0.6 is 0 Å². The topological polar surface area (TPSA) is 38.1 Å². The highest BCUT2D eigenvalue weighted by molar-refractivity contribution is 5.72. The first-order valence-corrected chi connectivity index (χ1v) is 7.98. The summed E-state index contributed by atoms with van der Waals surface area (Å²) in [5.41, 5.74) is 2.16. The third-order valence-electron chi connectivity index (χ3n) is 4.37. The fourth-order valence-electron chi connectivity index (χ4n) is 2.53. The van der Waals surface area contributed by atoms with E-state index in [0.717, 1.165) is 36.4 Å². The quantitative estimate of drug-likeness (QED) is 0.855. The lowest BCUT2D eigenvalue weighted by molar-refractivity contribution is 0.220. The Labute approximate surface area is 128 Å². The Morgan fingerprint density at radius 1 is 1.24 bits per heavy atom. The van der Waals surface area contributed by atoms with Crippen LogP contribution in [0.15, 0.2) is 28.7 Å². The van der Waals surface area contributed by atoms with Crippen molar-refractivity contribution in [1.29, 1.82) is 0 Å². The van der Waals surface area contributed by atoms with Gasteiger partial charge >= 0.3 is 0 Å². The van der Waals surface area contributed by atoms with Gasteiger partial charge in [0.05, 0.1) is 0 Å². The molecule has 0 spiro atoms. The summed E-state index contributed by atoms with van der Waals surface area (Å²) < 4.78 is 5.86. The maximum Gasteiger partial charge on any atom is 0.197 e. The Morgan fingerprint density at radius 3 is 2.57 bits per heavy atom. The number of hydrogen-bond acceptors (Lipinski definition) is 3. The van der Waals surface area contributed by atoms with E-state index < -0.39 is 0 Å². The molecule has 0 aliphatic carbocycles. The summed E-state index contributed by atoms with van der Waals surface area (Å²) in [7, 11) is 0. The largest absolute Gasteiger partial charge is 0.441 e. The van der Waals surface area contributed by atoms with Gasteiger partial charge in [0.15, 0.2) is 11.5 Å². The number of nitrogens with zero attached hydrogens (tertiary/aromatic N) is 1. The number of fused-ring (bicyclic) bond motifs is 1. The van der Waals surface area contributed by atoms with Crippen LogP contribution in [-0.4, -0.2) is 17.6 Å². The minimum atomic E-state index is 0.328. The molecule has 0 radical (unpaired) electrons. The van der Waals surface area contributed by atoms with Gasteiger partial charge in [-0.1, -0.05) is 46.8 Å². The highest BCUT2D eigenvalue weighted by Crippen LogP contribution is 2.30. The molecule has 1 N–H and O–H groups in total. The number of hydrogen-bond donors (Lipinski definition) is 1. The van der Waals surface area contributed by atoms with E-state index in [1.54, 1.807) is 0 Å². The van der Waals surface area contributed by atoms with Crippen LogP contribution in [0.4, 0.5) is 0 Å². The van der Waals surface area contributed by atoms with Crippen molar-refractivity contribution in [3.63, 3.8) is 0 Å². The van der Waals surface area contributed by atoms with Crippen LogP contribution in [0.25, 0.3) is 11.1 Å². The molecule has 21 heavy (non-hydrogen) atoms. The molecule has 1 aromatic carbocycles. The molecular formula is C18H28N2O. The number of nitrogens with one attached hydrogen (secondary N) is 1. The van der Waals surface area contributed by atoms with Crippen molar-refractivity contribution in [2.45, 2.75) is 53.5 Å². The van der Waals surface area contributed by atoms with Crippen molar-refractivity contribution in [3.8, 4) is 0 Å². The molecular weight excluding hydrogens is 260 g/mol. The molecule has 2 atom stereocenters. The van der Waals surface area contributed by atoms with Gasteiger partial charge < -0.3 is 9.73 Å². The summed E-state index contributed by atoms with van der Waals surface area (Å²) >= 11 is 0. The number of rotatable bonds is 6. The third kappa shape index (κ3) is 4.31. The Bertz CT molecular complexity index is 535. The van der Waals surface area contributed by atoms with E-state index in [9.17, 15) is 0 Å². The molecule has 0 aliphatic heterocycles. The van der Waals surface area contributed by atoms with E-state index in [4.69, 9.17) is 4.42 Å². The van der Waals surface area contributed by atoms with Crippen molar-refractivity contribution >= 4 is 11.1 Å². The molecule has 0 amide bonds. The Morgan fingerprint density at radius 2 is 1.95 bits per heavy atom. The van der Waals surface area contributed by atoms with Crippen LogP contribution in [0.1, 0.15) is 46.9 Å². The molecule has 3 heteroatoms. The molecule has 2 unspecified atom stereocenters. The van der Waals surface area contributed by atoms with E-state index in [1.807, 2.05) is 24.3 Å². The standard InChI is InChI=1S/C18H28N2O/c1-6-19-14(11-13(2)18(3,4)5)12-17-20-15-9-7-8-10-16(15)21-17/h7-10,13-14,19H,6,11-12H2,1-5H3. The normalized spacial score (nSPS) is 15.3. The molecule has 2 rings (SSSR count). The maximum absolute atomic E-state index is 5.86. The zero-order valence-corrected chi connectivity index (χ0v) is 13.9. The van der Waals surface area contributed by atoms with Gasteiger partial charge in [0.2, 0.25) is 0 Å². The molecule has 116 valence electrons. The van der Waals surface area contributed by atoms with E-state index in [1.165, 1.54) is 0 Å². The Kier molecular flexibility index (Phi) is 5.04. The van der Waals surface area contributed by atoms with Crippen molar-refractivity contribution in [3.05, 3.63) is 30.2 Å². The summed E-state index contributed by atoms with van der Waals surface area (Å²) in [5.74, 6) is 1.48. The number of likely N-dealkylation sites (N-methyl/N-ethyl adjacent to an activating group) is 1. The van der Waals surface area contributed by atoms with Gasteiger partial charge in [0.1, 0.15) is 5.52 Å². The van der Waals surface area contributed by atoms with Crippen LogP contribution < -0.4 is 5.32 Å². The first-order valence-electron chi connectivity index (χ1n) is 7.98. The van der Waals surface area contributed by atoms with Crippen LogP contribution in [0.5, 0.6) is 0 Å². The highest BCUT2D eigenvalue weighted by Gasteiger charge is 2.24. The van der Waals surface area contributed by atoms with Gasteiger partial charge in [-0.3, -0.25) is 0 Å². The Hall–Kier alpha value is -1.35. The lowest BCUT2D eigenvalue weighted by atomic mass is 9.78. The number of benzene rings is 1. The van der Waals surface area contributed by atoms with E-state index in [0.29, 0.717) is 17.4 Å². The molecule has 1 heterocycles. The van der Waals surface area contributed by atoms with Crippen LogP contribution in [-0.2, 0) is 6.42 Å². The minimum Gasteiger partial charge on any atom is -0.441 e. The molecule has 2 aromatic rings. The predicted octanol–water partition coefficient (Wildman–Crippen LogP) is 4.42. The van der Waals surface area contributed by atoms with Crippen molar-refractivity contribution < 1.29 is 4.42 Å². The van der Waals surface area contributed by atoms with E-state index >= 15 is 0 Å². The van der Waals surface area contributed by atoms with Crippen LogP contribution in [0.2, 0.25) is 0 Å². The molecule has 0 fully saturated rings.